The fourth-order valence-electron chi connectivity index (χ4n) is 0.800. The molecule has 0 unspecified atom stereocenters. The molecular weight excluding hydrogens is 212 g/mol. The summed E-state index contributed by atoms with van der Waals surface area (Å²) in [5.74, 6) is -0.282. The summed E-state index contributed by atoms with van der Waals surface area (Å²) in [6.07, 6.45) is 4.80. The van der Waals surface area contributed by atoms with E-state index < -0.39 is 0 Å². The molecule has 0 heterocycles. The van der Waals surface area contributed by atoms with E-state index in [1.807, 2.05) is 6.92 Å². The van der Waals surface area contributed by atoms with Crippen LogP contribution in [0.3, 0.4) is 0 Å². The van der Waals surface area contributed by atoms with Gasteiger partial charge in [0.15, 0.2) is 0 Å². The van der Waals surface area contributed by atoms with E-state index in [2.05, 4.69) is 16.9 Å². The van der Waals surface area contributed by atoms with Crippen LogP contribution in [-0.2, 0) is 4.79 Å². The SMILES string of the molecule is C=C(C=NC)C(=O)NC(C)=CC(Cl)=CC. The number of hydrogen-bond acceptors (Lipinski definition) is 2. The van der Waals surface area contributed by atoms with Crippen molar-refractivity contribution in [1.29, 1.82) is 0 Å². The Hall–Kier alpha value is -1.35. The first-order valence-electron chi connectivity index (χ1n) is 4.43. The predicted octanol–water partition coefficient (Wildman–Crippen LogP) is 2.41. The molecule has 1 amide bonds. The molecule has 3 nitrogen and oxygen atoms in total. The van der Waals surface area contributed by atoms with Gasteiger partial charge in [0.1, 0.15) is 0 Å². The van der Waals surface area contributed by atoms with E-state index in [0.717, 1.165) is 0 Å². The lowest BCUT2D eigenvalue weighted by Crippen LogP contribution is -2.23. The topological polar surface area (TPSA) is 41.5 Å². The van der Waals surface area contributed by atoms with Gasteiger partial charge in [-0.15, -0.1) is 0 Å². The Morgan fingerprint density at radius 3 is 2.60 bits per heavy atom. The number of aliphatic imine (C=N–C) groups is 1. The predicted molar refractivity (Wildman–Crippen MR) is 65.1 cm³/mol. The van der Waals surface area contributed by atoms with Gasteiger partial charge in [-0.3, -0.25) is 9.79 Å². The Morgan fingerprint density at radius 1 is 1.53 bits per heavy atom. The van der Waals surface area contributed by atoms with Crippen molar-refractivity contribution in [3.63, 3.8) is 0 Å². The maximum atomic E-state index is 11.4. The Labute approximate surface area is 95.2 Å². The van der Waals surface area contributed by atoms with Crippen LogP contribution in [0.15, 0.2) is 40.0 Å². The molecule has 0 aromatic heterocycles. The largest absolute Gasteiger partial charge is 0.326 e. The standard InChI is InChI=1S/C11H15ClN2O/c1-5-10(12)6-9(3)14-11(15)8(2)7-13-4/h5-7H,2H2,1,3-4H3,(H,14,15). The summed E-state index contributed by atoms with van der Waals surface area (Å²) in [6.45, 7) is 7.13. The molecule has 0 aromatic carbocycles. The highest BCUT2D eigenvalue weighted by molar-refractivity contribution is 6.31. The highest BCUT2D eigenvalue weighted by atomic mass is 35.5. The second-order valence-electron chi connectivity index (χ2n) is 2.87. The van der Waals surface area contributed by atoms with E-state index in [4.69, 9.17) is 11.6 Å². The van der Waals surface area contributed by atoms with Gasteiger partial charge in [-0.2, -0.15) is 0 Å². The van der Waals surface area contributed by atoms with Gasteiger partial charge < -0.3 is 5.32 Å². The first-order chi connectivity index (χ1) is 7.01. The van der Waals surface area contributed by atoms with Gasteiger partial charge in [-0.1, -0.05) is 24.3 Å². The number of nitrogens with zero attached hydrogens (tertiary/aromatic N) is 1. The molecule has 0 rings (SSSR count). The van der Waals surface area contributed by atoms with E-state index >= 15 is 0 Å². The van der Waals surface area contributed by atoms with Crippen LogP contribution in [0.2, 0.25) is 0 Å². The molecule has 0 aliphatic carbocycles. The highest BCUT2D eigenvalue weighted by Crippen LogP contribution is 2.05. The van der Waals surface area contributed by atoms with Crippen molar-refractivity contribution in [3.05, 3.63) is 35.0 Å². The van der Waals surface area contributed by atoms with Gasteiger partial charge >= 0.3 is 0 Å². The second-order valence-corrected chi connectivity index (χ2v) is 3.30. The average molecular weight is 227 g/mol. The maximum absolute atomic E-state index is 11.4. The van der Waals surface area contributed by atoms with Crippen LogP contribution in [0.5, 0.6) is 0 Å². The summed E-state index contributed by atoms with van der Waals surface area (Å²) in [7, 11) is 1.58. The molecule has 4 heteroatoms. The van der Waals surface area contributed by atoms with Crippen LogP contribution in [0.1, 0.15) is 13.8 Å². The normalized spacial score (nSPS) is 13.1. The molecule has 0 atom stereocenters. The molecule has 0 saturated carbocycles. The third kappa shape index (κ3) is 5.86. The third-order valence-corrected chi connectivity index (χ3v) is 1.84. The van der Waals surface area contributed by atoms with Crippen LogP contribution in [0.4, 0.5) is 0 Å². The van der Waals surface area contributed by atoms with Crippen LogP contribution in [0, 0.1) is 0 Å². The summed E-state index contributed by atoms with van der Waals surface area (Å²) in [4.78, 5) is 15.1. The van der Waals surface area contributed by atoms with Crippen LogP contribution in [0.25, 0.3) is 0 Å². The second kappa shape index (κ2) is 7.01. The third-order valence-electron chi connectivity index (χ3n) is 1.52. The molecule has 0 saturated heterocycles. The average Bonchev–Trinajstić information content (AvgIpc) is 2.17. The lowest BCUT2D eigenvalue weighted by atomic mass is 10.3. The van der Waals surface area contributed by atoms with Crippen molar-refractivity contribution in [3.8, 4) is 0 Å². The molecule has 0 aromatic rings. The minimum Gasteiger partial charge on any atom is -0.326 e. The number of halogens is 1. The number of nitrogens with one attached hydrogen (secondary N) is 1. The summed E-state index contributed by atoms with van der Waals surface area (Å²) in [5, 5.41) is 3.21. The highest BCUT2D eigenvalue weighted by Gasteiger charge is 2.03. The van der Waals surface area contributed by atoms with Gasteiger partial charge in [0.05, 0.1) is 5.57 Å². The molecule has 0 spiro atoms. The Balaban J connectivity index is 4.43. The zero-order chi connectivity index (χ0) is 11.8. The smallest absolute Gasteiger partial charge is 0.256 e. The van der Waals surface area contributed by atoms with Crippen molar-refractivity contribution < 1.29 is 4.79 Å². The number of carbonyl (C=O) groups is 1. The quantitative estimate of drug-likeness (QED) is 0.447. The van der Waals surface area contributed by atoms with Gasteiger partial charge in [0.2, 0.25) is 0 Å². The van der Waals surface area contributed by atoms with Crippen LogP contribution >= 0.6 is 11.6 Å². The van der Waals surface area contributed by atoms with Crippen molar-refractivity contribution >= 4 is 23.7 Å². The Bertz CT molecular complexity index is 340. The van der Waals surface area contributed by atoms with Gasteiger partial charge in [-0.25, -0.2) is 0 Å². The molecule has 82 valence electrons. The number of rotatable bonds is 4. The van der Waals surface area contributed by atoms with Gasteiger partial charge in [0, 0.05) is 24.0 Å². The van der Waals surface area contributed by atoms with Crippen molar-refractivity contribution in [2.75, 3.05) is 7.05 Å². The number of amides is 1. The minimum atomic E-state index is -0.282. The fourth-order valence-corrected chi connectivity index (χ4v) is 0.964. The first-order valence-corrected chi connectivity index (χ1v) is 4.81. The lowest BCUT2D eigenvalue weighted by molar-refractivity contribution is -0.116. The van der Waals surface area contributed by atoms with Gasteiger partial charge in [-0.05, 0) is 19.9 Å². The van der Waals surface area contributed by atoms with Gasteiger partial charge in [0.25, 0.3) is 5.91 Å². The lowest BCUT2D eigenvalue weighted by Gasteiger charge is -2.04. The van der Waals surface area contributed by atoms with Crippen molar-refractivity contribution in [1.82, 2.24) is 5.32 Å². The fraction of sp³-hybridized carbons (Fsp3) is 0.273. The van der Waals surface area contributed by atoms with E-state index in [0.29, 0.717) is 16.3 Å². The van der Waals surface area contributed by atoms with E-state index in [1.165, 1.54) is 6.21 Å². The molecule has 0 bridgehead atoms. The molecule has 0 aliphatic rings. The van der Waals surface area contributed by atoms with Crippen LogP contribution in [-0.4, -0.2) is 19.2 Å². The molecule has 0 aliphatic heterocycles. The molecule has 0 fully saturated rings. The molecule has 15 heavy (non-hydrogen) atoms. The van der Waals surface area contributed by atoms with E-state index in [9.17, 15) is 4.79 Å². The maximum Gasteiger partial charge on any atom is 0.256 e. The van der Waals surface area contributed by atoms with Crippen molar-refractivity contribution in [2.45, 2.75) is 13.8 Å². The number of allylic oxidation sites excluding steroid dienone is 4. The Morgan fingerprint density at radius 2 is 2.13 bits per heavy atom. The molecule has 1 N–H and O–H groups in total. The summed E-state index contributed by atoms with van der Waals surface area (Å²) < 4.78 is 0. The zero-order valence-electron chi connectivity index (χ0n) is 9.17. The molecular formula is C11H15ClN2O. The number of hydrogen-bond donors (Lipinski definition) is 1. The summed E-state index contributed by atoms with van der Waals surface area (Å²) in [5.41, 5.74) is 0.968. The Kier molecular flexibility index (Phi) is 6.38. The first kappa shape index (κ1) is 13.7. The minimum absolute atomic E-state index is 0.282. The number of carbonyl (C=O) groups excluding carboxylic acids is 1. The summed E-state index contributed by atoms with van der Waals surface area (Å²) in [6, 6.07) is 0. The van der Waals surface area contributed by atoms with E-state index in [1.54, 1.807) is 26.1 Å². The molecule has 0 radical (unpaired) electrons. The van der Waals surface area contributed by atoms with E-state index in [-0.39, 0.29) is 5.91 Å². The summed E-state index contributed by atoms with van der Waals surface area (Å²) >= 11 is 5.77. The zero-order valence-corrected chi connectivity index (χ0v) is 9.93. The van der Waals surface area contributed by atoms with Crippen LogP contribution < -0.4 is 5.32 Å². The van der Waals surface area contributed by atoms with Crippen molar-refractivity contribution in [2.24, 2.45) is 4.99 Å². The monoisotopic (exact) mass is 226 g/mol.